The number of carbonyl (C=O) groups excluding carboxylic acids is 2. The molecule has 5 nitrogen and oxygen atoms in total. The van der Waals surface area contributed by atoms with Crippen molar-refractivity contribution < 1.29 is 14.3 Å². The Labute approximate surface area is 113 Å². The van der Waals surface area contributed by atoms with Crippen molar-refractivity contribution in [1.29, 1.82) is 0 Å². The van der Waals surface area contributed by atoms with Gasteiger partial charge in [-0.05, 0) is 36.6 Å². The van der Waals surface area contributed by atoms with Crippen LogP contribution in [0.5, 0.6) is 0 Å². The van der Waals surface area contributed by atoms with E-state index in [1.54, 1.807) is 24.3 Å². The van der Waals surface area contributed by atoms with Crippen LogP contribution in [0.4, 0.5) is 5.69 Å². The van der Waals surface area contributed by atoms with E-state index in [1.165, 1.54) is 7.11 Å². The second-order valence-electron chi connectivity index (χ2n) is 4.79. The molecule has 0 radical (unpaired) electrons. The molecule has 0 heterocycles. The second kappa shape index (κ2) is 6.89. The summed E-state index contributed by atoms with van der Waals surface area (Å²) in [5, 5.41) is 2.72. The van der Waals surface area contributed by atoms with Gasteiger partial charge in [-0.25, -0.2) is 4.79 Å². The number of amides is 1. The molecule has 0 aliphatic carbocycles. The number of rotatable bonds is 5. The molecule has 1 atom stereocenters. The molecule has 0 aliphatic rings. The van der Waals surface area contributed by atoms with Gasteiger partial charge in [-0.15, -0.1) is 0 Å². The van der Waals surface area contributed by atoms with Crippen LogP contribution < -0.4 is 11.1 Å². The molecule has 0 fully saturated rings. The molecule has 0 spiro atoms. The van der Waals surface area contributed by atoms with Crippen molar-refractivity contribution in [2.75, 3.05) is 12.4 Å². The first-order valence-electron chi connectivity index (χ1n) is 6.19. The molecule has 3 N–H and O–H groups in total. The number of carbonyl (C=O) groups is 2. The first-order valence-corrected chi connectivity index (χ1v) is 6.19. The molecule has 0 saturated carbocycles. The number of anilines is 1. The van der Waals surface area contributed by atoms with Crippen LogP contribution >= 0.6 is 0 Å². The zero-order valence-corrected chi connectivity index (χ0v) is 11.5. The number of methoxy groups -OCH3 is 1. The van der Waals surface area contributed by atoms with E-state index in [4.69, 9.17) is 5.73 Å². The van der Waals surface area contributed by atoms with E-state index in [2.05, 4.69) is 10.1 Å². The highest BCUT2D eigenvalue weighted by Gasteiger charge is 2.15. The van der Waals surface area contributed by atoms with Gasteiger partial charge in [0.1, 0.15) is 0 Å². The highest BCUT2D eigenvalue weighted by Crippen LogP contribution is 2.12. The maximum atomic E-state index is 11.8. The van der Waals surface area contributed by atoms with E-state index in [9.17, 15) is 9.59 Å². The summed E-state index contributed by atoms with van der Waals surface area (Å²) >= 11 is 0. The Morgan fingerprint density at radius 2 is 1.84 bits per heavy atom. The van der Waals surface area contributed by atoms with Gasteiger partial charge in [-0.2, -0.15) is 0 Å². The summed E-state index contributed by atoms with van der Waals surface area (Å²) in [6.07, 6.45) is 0.631. The third-order valence-electron chi connectivity index (χ3n) is 2.64. The minimum atomic E-state index is -0.528. The van der Waals surface area contributed by atoms with E-state index in [1.807, 2.05) is 13.8 Å². The lowest BCUT2D eigenvalue weighted by Crippen LogP contribution is -2.36. The van der Waals surface area contributed by atoms with Crippen LogP contribution in [0.3, 0.4) is 0 Å². The molecular weight excluding hydrogens is 244 g/mol. The van der Waals surface area contributed by atoms with Gasteiger partial charge < -0.3 is 15.8 Å². The van der Waals surface area contributed by atoms with Crippen molar-refractivity contribution in [2.24, 2.45) is 11.7 Å². The quantitative estimate of drug-likeness (QED) is 0.794. The summed E-state index contributed by atoms with van der Waals surface area (Å²) in [6.45, 7) is 4.02. The Morgan fingerprint density at radius 3 is 2.32 bits per heavy atom. The van der Waals surface area contributed by atoms with Crippen LogP contribution in [-0.4, -0.2) is 25.0 Å². The Balaban J connectivity index is 2.62. The summed E-state index contributed by atoms with van der Waals surface area (Å²) in [6, 6.07) is 5.95. The third-order valence-corrected chi connectivity index (χ3v) is 2.64. The van der Waals surface area contributed by atoms with Crippen molar-refractivity contribution in [3.63, 3.8) is 0 Å². The van der Waals surface area contributed by atoms with Crippen molar-refractivity contribution in [3.05, 3.63) is 29.8 Å². The topological polar surface area (TPSA) is 81.4 Å². The highest BCUT2D eigenvalue weighted by molar-refractivity contribution is 5.95. The van der Waals surface area contributed by atoms with Gasteiger partial charge in [0.05, 0.1) is 18.7 Å². The van der Waals surface area contributed by atoms with Crippen molar-refractivity contribution >= 4 is 17.6 Å². The second-order valence-corrected chi connectivity index (χ2v) is 4.79. The first kappa shape index (κ1) is 15.2. The fourth-order valence-corrected chi connectivity index (χ4v) is 1.66. The summed E-state index contributed by atoms with van der Waals surface area (Å²) in [5.74, 6) is -0.267. The molecule has 5 heteroatoms. The average Bonchev–Trinajstić information content (AvgIpc) is 2.37. The maximum Gasteiger partial charge on any atom is 0.337 e. The maximum absolute atomic E-state index is 11.8. The Morgan fingerprint density at radius 1 is 1.26 bits per heavy atom. The summed E-state index contributed by atoms with van der Waals surface area (Å²) < 4.78 is 4.59. The number of nitrogens with one attached hydrogen (secondary N) is 1. The molecule has 1 amide bonds. The molecule has 1 rings (SSSR count). The lowest BCUT2D eigenvalue weighted by molar-refractivity contribution is -0.117. The Hall–Kier alpha value is -1.88. The predicted molar refractivity (Wildman–Crippen MR) is 73.8 cm³/mol. The highest BCUT2D eigenvalue weighted by atomic mass is 16.5. The van der Waals surface area contributed by atoms with E-state index in [0.29, 0.717) is 23.6 Å². The van der Waals surface area contributed by atoms with Gasteiger partial charge in [-0.1, -0.05) is 13.8 Å². The lowest BCUT2D eigenvalue weighted by Gasteiger charge is -2.14. The molecule has 104 valence electrons. The van der Waals surface area contributed by atoms with E-state index < -0.39 is 12.0 Å². The van der Waals surface area contributed by atoms with Crippen molar-refractivity contribution in [3.8, 4) is 0 Å². The zero-order valence-electron chi connectivity index (χ0n) is 11.5. The molecule has 1 aromatic rings. The van der Waals surface area contributed by atoms with Crippen molar-refractivity contribution in [1.82, 2.24) is 0 Å². The van der Waals surface area contributed by atoms with Crippen LogP contribution in [0.15, 0.2) is 24.3 Å². The van der Waals surface area contributed by atoms with Crippen LogP contribution in [0.2, 0.25) is 0 Å². The standard InChI is InChI=1S/C14H20N2O3/c1-9(2)8-12(15)13(17)16-11-6-4-10(5-7-11)14(18)19-3/h4-7,9,12H,8,15H2,1-3H3,(H,16,17)/t12-/m1/s1. The number of nitrogens with two attached hydrogens (primary N) is 1. The number of esters is 1. The van der Waals surface area contributed by atoms with Gasteiger partial charge in [0.2, 0.25) is 5.91 Å². The lowest BCUT2D eigenvalue weighted by atomic mass is 10.0. The smallest absolute Gasteiger partial charge is 0.337 e. The number of hydrogen-bond acceptors (Lipinski definition) is 4. The van der Waals surface area contributed by atoms with Gasteiger partial charge >= 0.3 is 5.97 Å². The van der Waals surface area contributed by atoms with Gasteiger partial charge in [0.25, 0.3) is 0 Å². The summed E-state index contributed by atoms with van der Waals surface area (Å²) in [5.41, 5.74) is 6.82. The van der Waals surface area contributed by atoms with Gasteiger partial charge in [0.15, 0.2) is 0 Å². The van der Waals surface area contributed by atoms with Crippen molar-refractivity contribution in [2.45, 2.75) is 26.3 Å². The monoisotopic (exact) mass is 264 g/mol. The predicted octanol–water partition coefficient (Wildman–Crippen LogP) is 1.79. The third kappa shape index (κ3) is 4.71. The molecule has 0 saturated heterocycles. The minimum absolute atomic E-state index is 0.223. The van der Waals surface area contributed by atoms with E-state index in [-0.39, 0.29) is 5.91 Å². The summed E-state index contributed by atoms with van der Waals surface area (Å²) in [4.78, 5) is 23.0. The van der Waals surface area contributed by atoms with Crippen LogP contribution in [0, 0.1) is 5.92 Å². The van der Waals surface area contributed by atoms with Gasteiger partial charge in [0, 0.05) is 5.69 Å². The SMILES string of the molecule is COC(=O)c1ccc(NC(=O)[C@H](N)CC(C)C)cc1. The average molecular weight is 264 g/mol. The fourth-order valence-electron chi connectivity index (χ4n) is 1.66. The molecule has 0 aromatic heterocycles. The van der Waals surface area contributed by atoms with E-state index in [0.717, 1.165) is 0 Å². The van der Waals surface area contributed by atoms with Crippen LogP contribution in [0.25, 0.3) is 0 Å². The fraction of sp³-hybridized carbons (Fsp3) is 0.429. The number of benzene rings is 1. The molecule has 19 heavy (non-hydrogen) atoms. The first-order chi connectivity index (χ1) is 8.93. The molecule has 0 unspecified atom stereocenters. The van der Waals surface area contributed by atoms with E-state index >= 15 is 0 Å². The molecular formula is C14H20N2O3. The number of hydrogen-bond donors (Lipinski definition) is 2. The summed E-state index contributed by atoms with van der Waals surface area (Å²) in [7, 11) is 1.32. The normalized spacial score (nSPS) is 12.1. The molecule has 1 aromatic carbocycles. The Kier molecular flexibility index (Phi) is 5.51. The molecule has 0 aliphatic heterocycles. The minimum Gasteiger partial charge on any atom is -0.465 e. The zero-order chi connectivity index (χ0) is 14.4. The van der Waals surface area contributed by atoms with Crippen LogP contribution in [0.1, 0.15) is 30.6 Å². The Bertz CT molecular complexity index is 441. The van der Waals surface area contributed by atoms with Crippen LogP contribution in [-0.2, 0) is 9.53 Å². The molecule has 0 bridgehead atoms. The number of ether oxygens (including phenoxy) is 1. The van der Waals surface area contributed by atoms with Gasteiger partial charge in [-0.3, -0.25) is 4.79 Å². The largest absolute Gasteiger partial charge is 0.465 e.